The van der Waals surface area contributed by atoms with E-state index in [4.69, 9.17) is 9.15 Å². The molecule has 0 unspecified atom stereocenters. The molecule has 9 heteroatoms. The number of unbranched alkanes of at least 4 members (excludes halogenated alkanes) is 1. The van der Waals surface area contributed by atoms with E-state index in [1.807, 2.05) is 0 Å². The van der Waals surface area contributed by atoms with Crippen LogP contribution in [0, 0.1) is 5.82 Å². The van der Waals surface area contributed by atoms with Crippen LogP contribution in [0.4, 0.5) is 4.39 Å². The monoisotopic (exact) mass is 412 g/mol. The molecule has 0 fully saturated rings. The smallest absolute Gasteiger partial charge is 0.287 e. The van der Waals surface area contributed by atoms with Gasteiger partial charge in [0.2, 0.25) is 5.09 Å². The lowest BCUT2D eigenvalue weighted by atomic mass is 10.1. The average Bonchev–Trinajstić information content (AvgIpc) is 3.08. The number of hydrogen-bond acceptors (Lipinski definition) is 5. The van der Waals surface area contributed by atoms with Crippen LogP contribution in [0.25, 0.3) is 0 Å². The Balaban J connectivity index is 1.73. The minimum atomic E-state index is -3.83. The number of nitrogens with one attached hydrogen (secondary N) is 2. The fraction of sp³-hybridized carbons (Fsp3) is 0.421. The number of carbonyl (C=O) groups excluding carboxylic acids is 1. The molecule has 0 spiro atoms. The van der Waals surface area contributed by atoms with E-state index in [1.54, 1.807) is 32.9 Å². The molecule has 7 nitrogen and oxygen atoms in total. The van der Waals surface area contributed by atoms with Crippen molar-refractivity contribution in [1.29, 1.82) is 0 Å². The second-order valence-corrected chi connectivity index (χ2v) is 8.85. The molecule has 2 aromatic rings. The Morgan fingerprint density at radius 1 is 1.11 bits per heavy atom. The van der Waals surface area contributed by atoms with Crippen LogP contribution in [0.2, 0.25) is 0 Å². The molecule has 2 rings (SSSR count). The zero-order valence-corrected chi connectivity index (χ0v) is 16.9. The highest BCUT2D eigenvalue weighted by molar-refractivity contribution is 7.89. The largest absolute Gasteiger partial charge is 0.494 e. The summed E-state index contributed by atoms with van der Waals surface area (Å²) < 4.78 is 50.3. The Labute approximate surface area is 164 Å². The summed E-state index contributed by atoms with van der Waals surface area (Å²) in [5.41, 5.74) is -0.663. The molecule has 2 N–H and O–H groups in total. The van der Waals surface area contributed by atoms with Crippen molar-refractivity contribution < 1.29 is 26.8 Å². The number of sulfonamides is 1. The zero-order chi connectivity index (χ0) is 20.8. The van der Waals surface area contributed by atoms with Gasteiger partial charge >= 0.3 is 0 Å². The maximum atomic E-state index is 12.8. The Bertz CT molecular complexity index is 886. The maximum absolute atomic E-state index is 12.8. The van der Waals surface area contributed by atoms with E-state index >= 15 is 0 Å². The number of rotatable bonds is 9. The molecule has 0 atom stereocenters. The second kappa shape index (κ2) is 9.20. The Morgan fingerprint density at radius 2 is 1.79 bits per heavy atom. The van der Waals surface area contributed by atoms with Crippen molar-refractivity contribution in [2.45, 2.75) is 44.2 Å². The van der Waals surface area contributed by atoms with Crippen molar-refractivity contribution in [3.8, 4) is 5.75 Å². The summed E-state index contributed by atoms with van der Waals surface area (Å²) in [6, 6.07) is 8.32. The standard InChI is InChI=1S/C19H25FN2O5S/c1-19(2,3)22-28(24,25)17-11-10-16(27-17)18(23)21-12-4-5-13-26-15-8-6-14(20)7-9-15/h6-11,22H,4-5,12-13H2,1-3H3,(H,21,23). The van der Waals surface area contributed by atoms with Gasteiger partial charge < -0.3 is 14.5 Å². The number of carbonyl (C=O) groups is 1. The first-order chi connectivity index (χ1) is 13.1. The molecule has 1 aromatic heterocycles. The summed E-state index contributed by atoms with van der Waals surface area (Å²) in [6.07, 6.45) is 1.34. The lowest BCUT2D eigenvalue weighted by Crippen LogP contribution is -2.40. The molecule has 0 saturated heterocycles. The van der Waals surface area contributed by atoms with Crippen molar-refractivity contribution >= 4 is 15.9 Å². The SMILES string of the molecule is CC(C)(C)NS(=O)(=O)c1ccc(C(=O)NCCCCOc2ccc(F)cc2)o1. The van der Waals surface area contributed by atoms with Gasteiger partial charge in [-0.15, -0.1) is 0 Å². The van der Waals surface area contributed by atoms with Gasteiger partial charge in [0.05, 0.1) is 6.61 Å². The first-order valence-corrected chi connectivity index (χ1v) is 10.4. The number of halogens is 1. The van der Waals surface area contributed by atoms with Crippen LogP contribution in [0.15, 0.2) is 45.9 Å². The lowest BCUT2D eigenvalue weighted by Gasteiger charge is -2.18. The second-order valence-electron chi connectivity index (χ2n) is 7.24. The molecule has 0 aliphatic heterocycles. The van der Waals surface area contributed by atoms with Crippen LogP contribution in [0.3, 0.4) is 0 Å². The number of amides is 1. The van der Waals surface area contributed by atoms with Crippen molar-refractivity contribution in [3.63, 3.8) is 0 Å². The summed E-state index contributed by atoms with van der Waals surface area (Å²) >= 11 is 0. The van der Waals surface area contributed by atoms with Gasteiger partial charge in [0, 0.05) is 12.1 Å². The summed E-state index contributed by atoms with van der Waals surface area (Å²) in [7, 11) is -3.83. The quantitative estimate of drug-likeness (QED) is 0.617. The number of furan rings is 1. The van der Waals surface area contributed by atoms with E-state index in [1.165, 1.54) is 24.3 Å². The first-order valence-electron chi connectivity index (χ1n) is 8.87. The van der Waals surface area contributed by atoms with Crippen LogP contribution >= 0.6 is 0 Å². The molecule has 1 heterocycles. The van der Waals surface area contributed by atoms with Gasteiger partial charge in [0.1, 0.15) is 11.6 Å². The van der Waals surface area contributed by atoms with Gasteiger partial charge in [-0.2, -0.15) is 0 Å². The fourth-order valence-electron chi connectivity index (χ4n) is 2.28. The van der Waals surface area contributed by atoms with E-state index in [0.29, 0.717) is 31.7 Å². The van der Waals surface area contributed by atoms with E-state index in [-0.39, 0.29) is 16.7 Å². The third kappa shape index (κ3) is 6.97. The normalized spacial score (nSPS) is 12.0. The van der Waals surface area contributed by atoms with Crippen molar-refractivity contribution in [3.05, 3.63) is 48.0 Å². The van der Waals surface area contributed by atoms with Gasteiger partial charge in [-0.1, -0.05) is 0 Å². The Morgan fingerprint density at radius 3 is 2.43 bits per heavy atom. The van der Waals surface area contributed by atoms with Crippen LogP contribution in [0.1, 0.15) is 44.2 Å². The topological polar surface area (TPSA) is 97.6 Å². The van der Waals surface area contributed by atoms with Gasteiger partial charge in [-0.25, -0.2) is 17.5 Å². The number of hydrogen-bond donors (Lipinski definition) is 2. The third-order valence-electron chi connectivity index (χ3n) is 3.45. The number of benzene rings is 1. The summed E-state index contributed by atoms with van der Waals surface area (Å²) in [6.45, 7) is 5.94. The molecule has 1 aromatic carbocycles. The molecule has 28 heavy (non-hydrogen) atoms. The summed E-state index contributed by atoms with van der Waals surface area (Å²) in [5, 5.41) is 2.36. The van der Waals surface area contributed by atoms with Crippen LogP contribution < -0.4 is 14.8 Å². The van der Waals surface area contributed by atoms with E-state index < -0.39 is 21.5 Å². The molecule has 0 aliphatic rings. The fourth-order valence-corrected chi connectivity index (χ4v) is 3.63. The van der Waals surface area contributed by atoms with Crippen molar-refractivity contribution in [2.24, 2.45) is 0 Å². The van der Waals surface area contributed by atoms with E-state index in [2.05, 4.69) is 10.0 Å². The zero-order valence-electron chi connectivity index (χ0n) is 16.1. The van der Waals surface area contributed by atoms with Gasteiger partial charge in [-0.3, -0.25) is 4.79 Å². The molecule has 0 radical (unpaired) electrons. The highest BCUT2D eigenvalue weighted by Gasteiger charge is 2.26. The van der Waals surface area contributed by atoms with E-state index in [0.717, 1.165) is 0 Å². The van der Waals surface area contributed by atoms with Gasteiger partial charge in [-0.05, 0) is 70.0 Å². The minimum absolute atomic E-state index is 0.0724. The van der Waals surface area contributed by atoms with Crippen LogP contribution in [0.5, 0.6) is 5.75 Å². The molecule has 0 bridgehead atoms. The third-order valence-corrected chi connectivity index (χ3v) is 5.08. The maximum Gasteiger partial charge on any atom is 0.287 e. The molecule has 0 aliphatic carbocycles. The van der Waals surface area contributed by atoms with E-state index in [9.17, 15) is 17.6 Å². The molecule has 1 amide bonds. The minimum Gasteiger partial charge on any atom is -0.494 e. The highest BCUT2D eigenvalue weighted by atomic mass is 32.2. The van der Waals surface area contributed by atoms with Crippen LogP contribution in [-0.4, -0.2) is 33.0 Å². The Hall–Kier alpha value is -2.39. The van der Waals surface area contributed by atoms with Crippen molar-refractivity contribution in [1.82, 2.24) is 10.0 Å². The van der Waals surface area contributed by atoms with Crippen LogP contribution in [-0.2, 0) is 10.0 Å². The predicted octanol–water partition coefficient (Wildman–Crippen LogP) is 3.08. The average molecular weight is 412 g/mol. The van der Waals surface area contributed by atoms with Crippen molar-refractivity contribution in [2.75, 3.05) is 13.2 Å². The number of ether oxygens (including phenoxy) is 1. The first kappa shape index (κ1) is 21.9. The predicted molar refractivity (Wildman–Crippen MR) is 102 cm³/mol. The summed E-state index contributed by atoms with van der Waals surface area (Å²) in [5.74, 6) is -0.301. The van der Waals surface area contributed by atoms with Gasteiger partial charge in [0.25, 0.3) is 15.9 Å². The molecule has 0 saturated carbocycles. The highest BCUT2D eigenvalue weighted by Crippen LogP contribution is 2.16. The van der Waals surface area contributed by atoms with Gasteiger partial charge in [0.15, 0.2) is 5.76 Å². The Kier molecular flexibility index (Phi) is 7.20. The molecular weight excluding hydrogens is 387 g/mol. The molecular formula is C19H25FN2O5S. The summed E-state index contributed by atoms with van der Waals surface area (Å²) in [4.78, 5) is 12.1. The lowest BCUT2D eigenvalue weighted by molar-refractivity contribution is 0.0919. The molecule has 154 valence electrons.